The van der Waals surface area contributed by atoms with Gasteiger partial charge in [0.15, 0.2) is 0 Å². The number of nitrogens with one attached hydrogen (secondary N) is 3. The van der Waals surface area contributed by atoms with Gasteiger partial charge < -0.3 is 10.1 Å². The Hall–Kier alpha value is -4.06. The van der Waals surface area contributed by atoms with E-state index in [1.165, 1.54) is 42.5 Å². The maximum atomic E-state index is 13.1. The first-order valence-corrected chi connectivity index (χ1v) is 15.8. The maximum absolute atomic E-state index is 13.1. The van der Waals surface area contributed by atoms with Crippen LogP contribution in [0.2, 0.25) is 5.02 Å². The Morgan fingerprint density at radius 3 is 2.12 bits per heavy atom. The number of anilines is 3. The Bertz CT molecular complexity index is 1790. The highest BCUT2D eigenvalue weighted by Gasteiger charge is 2.22. The Balaban J connectivity index is 1.48. The van der Waals surface area contributed by atoms with Crippen LogP contribution in [0.4, 0.5) is 17.1 Å². The third-order valence-electron chi connectivity index (χ3n) is 6.17. The van der Waals surface area contributed by atoms with Crippen LogP contribution in [0.3, 0.4) is 0 Å². The van der Waals surface area contributed by atoms with Crippen LogP contribution in [-0.4, -0.2) is 29.3 Å². The van der Waals surface area contributed by atoms with E-state index in [0.29, 0.717) is 29.4 Å². The molecule has 0 aliphatic rings. The molecule has 4 rings (SSSR count). The summed E-state index contributed by atoms with van der Waals surface area (Å²) in [5.74, 6) is 0.0200. The number of carbonyl (C=O) groups excluding carboxylic acids is 1. The summed E-state index contributed by atoms with van der Waals surface area (Å²) in [4.78, 5) is 12.7. The van der Waals surface area contributed by atoms with Gasteiger partial charge in [-0.05, 0) is 105 Å². The minimum absolute atomic E-state index is 0.0122. The number of benzene rings is 4. The van der Waals surface area contributed by atoms with E-state index in [-0.39, 0.29) is 20.4 Å². The topological polar surface area (TPSA) is 131 Å². The zero-order valence-electron chi connectivity index (χ0n) is 22.4. The molecule has 0 aliphatic heterocycles. The molecule has 12 heteroatoms. The molecular weight excluding hydrogens is 586 g/mol. The van der Waals surface area contributed by atoms with Crippen molar-refractivity contribution in [3.8, 4) is 5.75 Å². The van der Waals surface area contributed by atoms with Crippen molar-refractivity contribution in [3.63, 3.8) is 0 Å². The van der Waals surface area contributed by atoms with Crippen LogP contribution in [0.15, 0.2) is 94.7 Å². The van der Waals surface area contributed by atoms with Crippen LogP contribution in [-0.2, 0) is 20.0 Å². The van der Waals surface area contributed by atoms with Gasteiger partial charge in [0.25, 0.3) is 26.0 Å². The van der Waals surface area contributed by atoms with E-state index in [9.17, 15) is 21.6 Å². The summed E-state index contributed by atoms with van der Waals surface area (Å²) in [6.45, 7) is 6.01. The summed E-state index contributed by atoms with van der Waals surface area (Å²) in [6, 6.07) is 21.2. The summed E-state index contributed by atoms with van der Waals surface area (Å²) in [7, 11) is -7.99. The summed E-state index contributed by atoms with van der Waals surface area (Å²) >= 11 is 6.20. The van der Waals surface area contributed by atoms with Crippen LogP contribution in [0.1, 0.15) is 28.4 Å². The number of hydrogen-bond donors (Lipinski definition) is 3. The summed E-state index contributed by atoms with van der Waals surface area (Å²) in [6.07, 6.45) is 0. The molecule has 0 fully saturated rings. The molecule has 0 aliphatic carbocycles. The van der Waals surface area contributed by atoms with Crippen LogP contribution in [0.25, 0.3) is 0 Å². The molecular formula is C29H28ClN3O6S2. The van der Waals surface area contributed by atoms with Gasteiger partial charge >= 0.3 is 0 Å². The monoisotopic (exact) mass is 613 g/mol. The minimum Gasteiger partial charge on any atom is -0.494 e. The van der Waals surface area contributed by atoms with Crippen molar-refractivity contribution in [1.82, 2.24) is 0 Å². The summed E-state index contributed by atoms with van der Waals surface area (Å²) in [5, 5.41) is 2.60. The van der Waals surface area contributed by atoms with E-state index in [1.54, 1.807) is 43.3 Å². The van der Waals surface area contributed by atoms with Gasteiger partial charge in [-0.2, -0.15) is 0 Å². The molecule has 0 radical (unpaired) electrons. The van der Waals surface area contributed by atoms with Crippen molar-refractivity contribution in [2.24, 2.45) is 0 Å². The normalized spacial score (nSPS) is 11.5. The quantitative estimate of drug-likeness (QED) is 0.195. The van der Waals surface area contributed by atoms with Gasteiger partial charge in [0, 0.05) is 16.9 Å². The van der Waals surface area contributed by atoms with Crippen molar-refractivity contribution < 1.29 is 26.4 Å². The predicted octanol–water partition coefficient (Wildman–Crippen LogP) is 6.21. The predicted molar refractivity (Wildman–Crippen MR) is 161 cm³/mol. The van der Waals surface area contributed by atoms with Gasteiger partial charge in [-0.3, -0.25) is 14.2 Å². The van der Waals surface area contributed by atoms with Crippen molar-refractivity contribution in [1.29, 1.82) is 0 Å². The lowest BCUT2D eigenvalue weighted by Crippen LogP contribution is -2.17. The smallest absolute Gasteiger partial charge is 0.263 e. The highest BCUT2D eigenvalue weighted by molar-refractivity contribution is 7.93. The number of rotatable bonds is 10. The van der Waals surface area contributed by atoms with Crippen molar-refractivity contribution in [2.75, 3.05) is 21.4 Å². The second kappa shape index (κ2) is 12.2. The van der Waals surface area contributed by atoms with E-state index >= 15 is 0 Å². The number of halogens is 1. The zero-order valence-corrected chi connectivity index (χ0v) is 24.8. The fourth-order valence-corrected chi connectivity index (χ4v) is 6.54. The molecule has 3 N–H and O–H groups in total. The summed E-state index contributed by atoms with van der Waals surface area (Å²) in [5.41, 5.74) is 2.80. The Kier molecular flexibility index (Phi) is 8.91. The van der Waals surface area contributed by atoms with E-state index in [2.05, 4.69) is 14.8 Å². The third kappa shape index (κ3) is 7.18. The molecule has 4 aromatic carbocycles. The number of sulfonamides is 2. The Morgan fingerprint density at radius 1 is 0.805 bits per heavy atom. The molecule has 1 amide bonds. The number of carbonyl (C=O) groups is 1. The second-order valence-electron chi connectivity index (χ2n) is 9.04. The van der Waals surface area contributed by atoms with Crippen molar-refractivity contribution in [3.05, 3.63) is 107 Å². The maximum Gasteiger partial charge on any atom is 0.263 e. The lowest BCUT2D eigenvalue weighted by Gasteiger charge is -2.14. The van der Waals surface area contributed by atoms with Gasteiger partial charge in [-0.15, -0.1) is 0 Å². The van der Waals surface area contributed by atoms with Crippen LogP contribution >= 0.6 is 11.6 Å². The average molecular weight is 614 g/mol. The van der Waals surface area contributed by atoms with E-state index in [0.717, 1.165) is 11.1 Å². The fourth-order valence-electron chi connectivity index (χ4n) is 3.83. The van der Waals surface area contributed by atoms with E-state index < -0.39 is 26.0 Å². The van der Waals surface area contributed by atoms with Crippen LogP contribution < -0.4 is 19.5 Å². The zero-order chi connectivity index (χ0) is 29.8. The molecule has 0 aromatic heterocycles. The molecule has 41 heavy (non-hydrogen) atoms. The van der Waals surface area contributed by atoms with Crippen molar-refractivity contribution >= 4 is 54.6 Å². The standard InChI is InChI=1S/C29H28ClN3O6S2/c1-4-39-24-13-9-23(10-14-24)32-40(35,36)25-15-11-22(12-16-25)31-29(34)21-8-17-26(30)28(18-21)41(37,38)33-27-7-5-6-19(2)20(27)3/h5-18,32-33H,4H2,1-3H3,(H,31,34). The highest BCUT2D eigenvalue weighted by Crippen LogP contribution is 2.28. The molecule has 4 aromatic rings. The molecule has 0 unspecified atom stereocenters. The lowest BCUT2D eigenvalue weighted by molar-refractivity contribution is 0.102. The third-order valence-corrected chi connectivity index (χ3v) is 9.42. The lowest BCUT2D eigenvalue weighted by atomic mass is 10.1. The molecule has 0 atom stereocenters. The Morgan fingerprint density at radius 2 is 1.46 bits per heavy atom. The fraction of sp³-hybridized carbons (Fsp3) is 0.138. The molecule has 214 valence electrons. The number of aryl methyl sites for hydroxylation is 1. The average Bonchev–Trinajstić information content (AvgIpc) is 2.92. The Labute approximate surface area is 244 Å². The number of hydrogen-bond acceptors (Lipinski definition) is 6. The molecule has 0 heterocycles. The largest absolute Gasteiger partial charge is 0.494 e. The first kappa shape index (κ1) is 29.9. The minimum atomic E-state index is -4.11. The molecule has 0 saturated carbocycles. The van der Waals surface area contributed by atoms with Crippen LogP contribution in [0, 0.1) is 13.8 Å². The number of amides is 1. The van der Waals surface area contributed by atoms with E-state index in [4.69, 9.17) is 16.3 Å². The first-order valence-electron chi connectivity index (χ1n) is 12.5. The van der Waals surface area contributed by atoms with Gasteiger partial charge in [-0.25, -0.2) is 16.8 Å². The van der Waals surface area contributed by atoms with Crippen molar-refractivity contribution in [2.45, 2.75) is 30.6 Å². The number of ether oxygens (including phenoxy) is 1. The van der Waals surface area contributed by atoms with E-state index in [1.807, 2.05) is 19.9 Å². The molecule has 0 spiro atoms. The SMILES string of the molecule is CCOc1ccc(NS(=O)(=O)c2ccc(NC(=O)c3ccc(Cl)c(S(=O)(=O)Nc4cccc(C)c4C)c3)cc2)cc1. The second-order valence-corrected chi connectivity index (χ2v) is 12.8. The summed E-state index contributed by atoms with van der Waals surface area (Å²) < 4.78 is 62.2. The molecule has 0 bridgehead atoms. The van der Waals surface area contributed by atoms with Gasteiger partial charge in [0.05, 0.1) is 22.2 Å². The molecule has 9 nitrogen and oxygen atoms in total. The van der Waals surface area contributed by atoms with Gasteiger partial charge in [0.1, 0.15) is 10.6 Å². The first-order chi connectivity index (χ1) is 19.4. The van der Waals surface area contributed by atoms with Crippen LogP contribution in [0.5, 0.6) is 5.75 Å². The van der Waals surface area contributed by atoms with Gasteiger partial charge in [0.2, 0.25) is 0 Å². The van der Waals surface area contributed by atoms with Gasteiger partial charge in [-0.1, -0.05) is 23.7 Å². The highest BCUT2D eigenvalue weighted by atomic mass is 35.5. The molecule has 0 saturated heterocycles.